The van der Waals surface area contributed by atoms with Crippen molar-refractivity contribution in [2.75, 3.05) is 12.4 Å². The topological polar surface area (TPSA) is 60.3 Å². The molecule has 0 saturated carbocycles. The molecule has 168 valence electrons. The van der Waals surface area contributed by atoms with Crippen LogP contribution in [-0.4, -0.2) is 23.6 Å². The number of carbonyl (C=O) groups is 2. The number of aryl methyl sites for hydroxylation is 3. The largest absolute Gasteiger partial charge is 0.469 e. The Bertz CT molecular complexity index is 1260. The smallest absolute Gasteiger partial charge is 0.305 e. The van der Waals surface area contributed by atoms with Gasteiger partial charge in [-0.3, -0.25) is 9.59 Å². The molecular formula is C28H28N2O3. The number of nitrogens with one attached hydrogen (secondary N) is 1. The van der Waals surface area contributed by atoms with Crippen LogP contribution in [0.25, 0.3) is 16.6 Å². The van der Waals surface area contributed by atoms with E-state index in [-0.39, 0.29) is 11.9 Å². The fraction of sp³-hybridized carbons (Fsp3) is 0.214. The van der Waals surface area contributed by atoms with Crippen LogP contribution in [0.5, 0.6) is 0 Å². The van der Waals surface area contributed by atoms with Crippen LogP contribution in [0, 0.1) is 0 Å². The highest BCUT2D eigenvalue weighted by atomic mass is 16.5. The van der Waals surface area contributed by atoms with Gasteiger partial charge in [-0.05, 0) is 72.4 Å². The third kappa shape index (κ3) is 5.50. The summed E-state index contributed by atoms with van der Waals surface area (Å²) >= 11 is 0. The maximum atomic E-state index is 11.6. The normalized spacial score (nSPS) is 10.8. The number of benzene rings is 3. The van der Waals surface area contributed by atoms with Crippen molar-refractivity contribution in [1.82, 2.24) is 4.57 Å². The second-order valence-corrected chi connectivity index (χ2v) is 8.17. The number of carbonyl (C=O) groups excluding carboxylic acids is 2. The first-order valence-corrected chi connectivity index (χ1v) is 11.1. The quantitative estimate of drug-likeness (QED) is 0.369. The lowest BCUT2D eigenvalue weighted by atomic mass is 10.0. The van der Waals surface area contributed by atoms with Crippen LogP contribution >= 0.6 is 0 Å². The lowest BCUT2D eigenvalue weighted by Crippen LogP contribution is -2.05. The minimum absolute atomic E-state index is 0.0863. The number of aromatic nitrogens is 1. The summed E-state index contributed by atoms with van der Waals surface area (Å²) in [5.74, 6) is -0.284. The van der Waals surface area contributed by atoms with Crippen LogP contribution in [0.4, 0.5) is 5.69 Å². The summed E-state index contributed by atoms with van der Waals surface area (Å²) in [5.41, 5.74) is 6.61. The number of methoxy groups -OCH3 is 1. The molecule has 0 aliphatic heterocycles. The molecule has 0 atom stereocenters. The number of rotatable bonds is 8. The zero-order chi connectivity index (χ0) is 23.2. The number of amides is 1. The molecule has 4 rings (SSSR count). The molecular weight excluding hydrogens is 412 g/mol. The zero-order valence-corrected chi connectivity index (χ0v) is 19.0. The fourth-order valence-corrected chi connectivity index (χ4v) is 4.09. The minimum atomic E-state index is -0.198. The van der Waals surface area contributed by atoms with Crippen molar-refractivity contribution in [3.05, 3.63) is 95.7 Å². The summed E-state index contributed by atoms with van der Waals surface area (Å²) < 4.78 is 6.99. The molecule has 1 N–H and O–H groups in total. The third-order valence-electron chi connectivity index (χ3n) is 5.79. The first-order chi connectivity index (χ1) is 16.0. The van der Waals surface area contributed by atoms with E-state index in [1.165, 1.54) is 30.5 Å². The van der Waals surface area contributed by atoms with E-state index < -0.39 is 0 Å². The van der Waals surface area contributed by atoms with Crippen molar-refractivity contribution >= 4 is 28.5 Å². The van der Waals surface area contributed by atoms with Crippen LogP contribution in [0.1, 0.15) is 30.0 Å². The second-order valence-electron chi connectivity index (χ2n) is 8.17. The molecule has 3 aromatic carbocycles. The van der Waals surface area contributed by atoms with E-state index in [2.05, 4.69) is 58.5 Å². The first-order valence-electron chi connectivity index (χ1n) is 11.1. The molecule has 0 fully saturated rings. The third-order valence-corrected chi connectivity index (χ3v) is 5.79. The van der Waals surface area contributed by atoms with Gasteiger partial charge in [0.2, 0.25) is 5.91 Å². The maximum absolute atomic E-state index is 11.6. The van der Waals surface area contributed by atoms with Gasteiger partial charge in [-0.25, -0.2) is 0 Å². The molecule has 1 amide bonds. The van der Waals surface area contributed by atoms with Crippen LogP contribution in [0.15, 0.2) is 79.0 Å². The van der Waals surface area contributed by atoms with E-state index in [9.17, 15) is 9.59 Å². The lowest BCUT2D eigenvalue weighted by Gasteiger charge is -2.08. The highest BCUT2D eigenvalue weighted by Gasteiger charge is 2.12. The Morgan fingerprint density at radius 2 is 1.64 bits per heavy atom. The van der Waals surface area contributed by atoms with Gasteiger partial charge in [-0.1, -0.05) is 36.4 Å². The Kier molecular flexibility index (Phi) is 6.89. The van der Waals surface area contributed by atoms with E-state index in [4.69, 9.17) is 4.74 Å². The summed E-state index contributed by atoms with van der Waals surface area (Å²) in [6.45, 7) is 1.50. The molecule has 0 aliphatic carbocycles. The zero-order valence-electron chi connectivity index (χ0n) is 19.0. The molecule has 5 nitrogen and oxygen atoms in total. The SMILES string of the molecule is COC(=O)CCc1ccc2c(c1)c(CCc1ccccc1)cn2-c1ccc(NC(C)=O)cc1. The Morgan fingerprint density at radius 1 is 0.879 bits per heavy atom. The number of hydrogen-bond acceptors (Lipinski definition) is 3. The van der Waals surface area contributed by atoms with Gasteiger partial charge in [0, 0.05) is 36.3 Å². The molecule has 0 radical (unpaired) electrons. The molecule has 0 saturated heterocycles. The number of ether oxygens (including phenoxy) is 1. The van der Waals surface area contributed by atoms with Crippen molar-refractivity contribution in [2.45, 2.75) is 32.6 Å². The summed E-state index contributed by atoms with van der Waals surface area (Å²) in [4.78, 5) is 22.9. The van der Waals surface area contributed by atoms with Gasteiger partial charge in [0.25, 0.3) is 0 Å². The fourth-order valence-electron chi connectivity index (χ4n) is 4.09. The Labute approximate surface area is 194 Å². The highest BCUT2D eigenvalue weighted by Crippen LogP contribution is 2.28. The first kappa shape index (κ1) is 22.3. The predicted octanol–water partition coefficient (Wildman–Crippen LogP) is 5.48. The van der Waals surface area contributed by atoms with Crippen LogP contribution < -0.4 is 5.32 Å². The summed E-state index contributed by atoms with van der Waals surface area (Å²) in [6, 6.07) is 24.7. The minimum Gasteiger partial charge on any atom is -0.469 e. The van der Waals surface area contributed by atoms with Gasteiger partial charge in [-0.15, -0.1) is 0 Å². The van der Waals surface area contributed by atoms with Gasteiger partial charge in [-0.2, -0.15) is 0 Å². The lowest BCUT2D eigenvalue weighted by molar-refractivity contribution is -0.140. The van der Waals surface area contributed by atoms with Gasteiger partial charge in [0.15, 0.2) is 0 Å². The van der Waals surface area contributed by atoms with E-state index in [0.717, 1.165) is 35.3 Å². The standard InChI is InChI=1S/C28H28N2O3/c1-20(31)29-24-12-14-25(15-13-24)30-19-23(11-8-21-6-4-3-5-7-21)26-18-22(9-16-27(26)30)10-17-28(32)33-2/h3-7,9,12-16,18-19H,8,10-11,17H2,1-2H3,(H,29,31). The monoisotopic (exact) mass is 440 g/mol. The van der Waals surface area contributed by atoms with Crippen molar-refractivity contribution in [2.24, 2.45) is 0 Å². The average molecular weight is 441 g/mol. The summed E-state index contributed by atoms with van der Waals surface area (Å²) in [5, 5.41) is 4.01. The van der Waals surface area contributed by atoms with Gasteiger partial charge >= 0.3 is 5.97 Å². The van der Waals surface area contributed by atoms with Crippen LogP contribution in [0.3, 0.4) is 0 Å². The summed E-state index contributed by atoms with van der Waals surface area (Å²) in [6.07, 6.45) is 5.08. The number of esters is 1. The molecule has 0 spiro atoms. The molecule has 0 bridgehead atoms. The highest BCUT2D eigenvalue weighted by molar-refractivity contribution is 5.89. The molecule has 0 unspecified atom stereocenters. The molecule has 5 heteroatoms. The van der Waals surface area contributed by atoms with E-state index in [0.29, 0.717) is 12.8 Å². The van der Waals surface area contributed by atoms with Crippen molar-refractivity contribution in [1.29, 1.82) is 0 Å². The second kappa shape index (κ2) is 10.2. The number of fused-ring (bicyclic) bond motifs is 1. The van der Waals surface area contributed by atoms with Gasteiger partial charge in [0.1, 0.15) is 0 Å². The summed E-state index contributed by atoms with van der Waals surface area (Å²) in [7, 11) is 1.42. The number of hydrogen-bond donors (Lipinski definition) is 1. The Morgan fingerprint density at radius 3 is 2.33 bits per heavy atom. The van der Waals surface area contributed by atoms with Crippen molar-refractivity contribution in [3.8, 4) is 5.69 Å². The average Bonchev–Trinajstić information content (AvgIpc) is 3.20. The van der Waals surface area contributed by atoms with E-state index >= 15 is 0 Å². The molecule has 1 heterocycles. The number of anilines is 1. The van der Waals surface area contributed by atoms with Gasteiger partial charge in [0.05, 0.1) is 12.6 Å². The van der Waals surface area contributed by atoms with Crippen molar-refractivity contribution in [3.63, 3.8) is 0 Å². The van der Waals surface area contributed by atoms with E-state index in [1.807, 2.05) is 30.3 Å². The Balaban J connectivity index is 1.68. The van der Waals surface area contributed by atoms with Crippen LogP contribution in [-0.2, 0) is 33.6 Å². The Hall–Kier alpha value is -3.86. The molecule has 4 aromatic rings. The van der Waals surface area contributed by atoms with Crippen molar-refractivity contribution < 1.29 is 14.3 Å². The number of nitrogens with zero attached hydrogens (tertiary/aromatic N) is 1. The maximum Gasteiger partial charge on any atom is 0.305 e. The molecule has 0 aliphatic rings. The predicted molar refractivity (Wildman–Crippen MR) is 132 cm³/mol. The van der Waals surface area contributed by atoms with Crippen LogP contribution in [0.2, 0.25) is 0 Å². The van der Waals surface area contributed by atoms with Gasteiger partial charge < -0.3 is 14.6 Å². The molecule has 1 aromatic heterocycles. The van der Waals surface area contributed by atoms with E-state index in [1.54, 1.807) is 0 Å². The molecule has 33 heavy (non-hydrogen) atoms.